The molecule has 2 rings (SSSR count). The van der Waals surface area contributed by atoms with Crippen molar-refractivity contribution in [2.24, 2.45) is 4.99 Å². The number of hydrogen-bond donors (Lipinski definition) is 0. The van der Waals surface area contributed by atoms with E-state index in [0.29, 0.717) is 0 Å². The quantitative estimate of drug-likeness (QED) is 0.544. The molecule has 80 valence electrons. The van der Waals surface area contributed by atoms with Crippen molar-refractivity contribution in [1.29, 1.82) is 0 Å². The number of halogens is 1. The second kappa shape index (κ2) is 3.33. The first-order valence-corrected chi connectivity index (χ1v) is 6.10. The van der Waals surface area contributed by atoms with E-state index >= 15 is 0 Å². The predicted molar refractivity (Wildman–Crippen MR) is 66.3 cm³/mol. The molecule has 0 aliphatic carbocycles. The zero-order valence-electron chi connectivity index (χ0n) is 9.01. The molecule has 1 spiro atoms. The van der Waals surface area contributed by atoms with E-state index in [1.807, 2.05) is 0 Å². The van der Waals surface area contributed by atoms with Gasteiger partial charge in [-0.05, 0) is 27.3 Å². The Balaban J connectivity index is 2.16. The molecule has 2 heterocycles. The van der Waals surface area contributed by atoms with Crippen molar-refractivity contribution in [3.63, 3.8) is 0 Å². The Labute approximate surface area is 99.0 Å². The van der Waals surface area contributed by atoms with Gasteiger partial charge in [-0.1, -0.05) is 22.6 Å². The first-order valence-electron chi connectivity index (χ1n) is 5.02. The molecule has 2 aliphatic rings. The third-order valence-corrected chi connectivity index (χ3v) is 3.31. The molecule has 0 N–H and O–H groups in total. The van der Waals surface area contributed by atoms with Gasteiger partial charge in [0.25, 0.3) is 0 Å². The maximum atomic E-state index is 5.72. The van der Waals surface area contributed by atoms with Crippen LogP contribution < -0.4 is 0 Å². The topological polar surface area (TPSA) is 24.8 Å². The monoisotopic (exact) mass is 308 g/mol. The Morgan fingerprint density at radius 3 is 2.71 bits per heavy atom. The molecule has 4 heteroatoms. The third-order valence-electron chi connectivity index (χ3n) is 2.85. The molecule has 1 unspecified atom stereocenters. The van der Waals surface area contributed by atoms with E-state index in [1.54, 1.807) is 0 Å². The Morgan fingerprint density at radius 1 is 1.57 bits per heavy atom. The van der Waals surface area contributed by atoms with Crippen LogP contribution in [0.25, 0.3) is 0 Å². The smallest absolute Gasteiger partial charge is 0.200 e. The van der Waals surface area contributed by atoms with E-state index in [4.69, 9.17) is 9.73 Å². The van der Waals surface area contributed by atoms with E-state index in [-0.39, 0.29) is 8.96 Å². The van der Waals surface area contributed by atoms with Crippen LogP contribution in [0.1, 0.15) is 20.3 Å². The lowest BCUT2D eigenvalue weighted by molar-refractivity contribution is 0.248. The number of likely N-dealkylation sites (N-methyl/N-ethyl adjacent to an activating group) is 1. The van der Waals surface area contributed by atoms with Gasteiger partial charge in [0.15, 0.2) is 5.90 Å². The largest absolute Gasteiger partial charge is 0.477 e. The van der Waals surface area contributed by atoms with Crippen LogP contribution in [0.5, 0.6) is 0 Å². The highest BCUT2D eigenvalue weighted by atomic mass is 127. The lowest BCUT2D eigenvalue weighted by Crippen LogP contribution is -2.31. The normalized spacial score (nSPS) is 33.6. The fourth-order valence-electron chi connectivity index (χ4n) is 2.06. The lowest BCUT2D eigenvalue weighted by atomic mass is 10.0. The summed E-state index contributed by atoms with van der Waals surface area (Å²) in [5.41, 5.74) is 0.0759. The Hall–Kier alpha value is 0.160. The minimum Gasteiger partial charge on any atom is -0.477 e. The summed E-state index contributed by atoms with van der Waals surface area (Å²) in [5.74, 6) is 0.924. The summed E-state index contributed by atoms with van der Waals surface area (Å²) in [6.45, 7) is 7.25. The van der Waals surface area contributed by atoms with E-state index < -0.39 is 0 Å². The summed E-state index contributed by atoms with van der Waals surface area (Å²) in [5, 5.41) is 0. The maximum absolute atomic E-state index is 5.72. The minimum atomic E-state index is 0.0302. The molecular weight excluding hydrogens is 291 g/mol. The summed E-state index contributed by atoms with van der Waals surface area (Å²) < 4.78 is 5.75. The van der Waals surface area contributed by atoms with Gasteiger partial charge in [-0.3, -0.25) is 0 Å². The number of nitrogens with zero attached hydrogens (tertiary/aromatic N) is 2. The average molecular weight is 308 g/mol. The van der Waals surface area contributed by atoms with Gasteiger partial charge in [-0.2, -0.15) is 0 Å². The van der Waals surface area contributed by atoms with Crippen LogP contribution in [-0.4, -0.2) is 46.5 Å². The summed E-state index contributed by atoms with van der Waals surface area (Å²) in [4.78, 5) is 7.12. The Kier molecular flexibility index (Phi) is 2.54. The van der Waals surface area contributed by atoms with Crippen LogP contribution in [0, 0.1) is 0 Å². The number of likely N-dealkylation sites (tertiary alicyclic amines) is 1. The summed E-state index contributed by atoms with van der Waals surface area (Å²) in [6, 6.07) is 0. The van der Waals surface area contributed by atoms with Crippen molar-refractivity contribution in [2.75, 3.05) is 26.7 Å². The highest BCUT2D eigenvalue weighted by molar-refractivity contribution is 14.1. The molecule has 1 fully saturated rings. The number of aliphatic imine (C=N–C) groups is 1. The fourth-order valence-corrected chi connectivity index (χ4v) is 2.33. The molecule has 2 aliphatic heterocycles. The zero-order chi connectivity index (χ0) is 10.4. The second-order valence-electron chi connectivity index (χ2n) is 4.89. The fraction of sp³-hybridized carbons (Fsp3) is 0.900. The van der Waals surface area contributed by atoms with Gasteiger partial charge in [0, 0.05) is 13.1 Å². The molecule has 0 amide bonds. The SMILES string of the molecule is CN1CCC2(COC(C(C)(C)I)=N2)C1. The van der Waals surface area contributed by atoms with Gasteiger partial charge >= 0.3 is 0 Å². The number of hydrogen-bond acceptors (Lipinski definition) is 3. The van der Waals surface area contributed by atoms with Crippen molar-refractivity contribution < 1.29 is 4.74 Å². The molecule has 0 bridgehead atoms. The summed E-state index contributed by atoms with van der Waals surface area (Å²) in [7, 11) is 2.15. The first-order chi connectivity index (χ1) is 6.41. The standard InChI is InChI=1S/C10H17IN2O/c1-9(2,11)8-12-10(7-14-8)4-5-13(3)6-10/h4-7H2,1-3H3. The van der Waals surface area contributed by atoms with E-state index in [2.05, 4.69) is 48.4 Å². The maximum Gasteiger partial charge on any atom is 0.200 e. The van der Waals surface area contributed by atoms with E-state index in [0.717, 1.165) is 32.0 Å². The second-order valence-corrected chi connectivity index (χ2v) is 7.59. The molecule has 3 nitrogen and oxygen atoms in total. The van der Waals surface area contributed by atoms with E-state index in [1.165, 1.54) is 0 Å². The molecule has 0 aromatic heterocycles. The van der Waals surface area contributed by atoms with Crippen LogP contribution in [-0.2, 0) is 4.74 Å². The van der Waals surface area contributed by atoms with Gasteiger partial charge in [-0.25, -0.2) is 4.99 Å². The molecule has 14 heavy (non-hydrogen) atoms. The molecule has 1 atom stereocenters. The van der Waals surface area contributed by atoms with Crippen LogP contribution in [0.3, 0.4) is 0 Å². The van der Waals surface area contributed by atoms with Crippen LogP contribution in [0.2, 0.25) is 0 Å². The minimum absolute atomic E-state index is 0.0302. The van der Waals surface area contributed by atoms with Crippen molar-refractivity contribution in [1.82, 2.24) is 4.90 Å². The zero-order valence-corrected chi connectivity index (χ0v) is 11.2. The van der Waals surface area contributed by atoms with Gasteiger partial charge < -0.3 is 9.64 Å². The Bertz CT molecular complexity index is 272. The van der Waals surface area contributed by atoms with Gasteiger partial charge in [0.05, 0.1) is 3.42 Å². The lowest BCUT2D eigenvalue weighted by Gasteiger charge is -2.16. The predicted octanol–water partition coefficient (Wildman–Crippen LogP) is 1.70. The molecule has 0 radical (unpaired) electrons. The van der Waals surface area contributed by atoms with Crippen LogP contribution >= 0.6 is 22.6 Å². The van der Waals surface area contributed by atoms with Crippen molar-refractivity contribution in [3.8, 4) is 0 Å². The van der Waals surface area contributed by atoms with Crippen molar-refractivity contribution >= 4 is 28.5 Å². The highest BCUT2D eigenvalue weighted by Gasteiger charge is 2.44. The summed E-state index contributed by atoms with van der Waals surface area (Å²) in [6.07, 6.45) is 1.14. The average Bonchev–Trinajstić information content (AvgIpc) is 2.59. The Morgan fingerprint density at radius 2 is 2.29 bits per heavy atom. The molecule has 0 aromatic carbocycles. The summed E-state index contributed by atoms with van der Waals surface area (Å²) >= 11 is 2.38. The molecular formula is C10H17IN2O. The van der Waals surface area contributed by atoms with Crippen molar-refractivity contribution in [3.05, 3.63) is 0 Å². The van der Waals surface area contributed by atoms with E-state index in [9.17, 15) is 0 Å². The number of ether oxygens (including phenoxy) is 1. The van der Waals surface area contributed by atoms with Crippen molar-refractivity contribution in [2.45, 2.75) is 29.2 Å². The highest BCUT2D eigenvalue weighted by Crippen LogP contribution is 2.33. The van der Waals surface area contributed by atoms with Gasteiger partial charge in [-0.15, -0.1) is 0 Å². The number of alkyl halides is 1. The molecule has 0 saturated carbocycles. The number of rotatable bonds is 1. The molecule has 0 aromatic rings. The molecule has 1 saturated heterocycles. The van der Waals surface area contributed by atoms with Crippen LogP contribution in [0.4, 0.5) is 0 Å². The first kappa shape index (κ1) is 10.7. The van der Waals surface area contributed by atoms with Crippen LogP contribution in [0.15, 0.2) is 4.99 Å². The third kappa shape index (κ3) is 1.91. The van der Waals surface area contributed by atoms with Gasteiger partial charge in [0.2, 0.25) is 0 Å². The van der Waals surface area contributed by atoms with Gasteiger partial charge in [0.1, 0.15) is 12.1 Å².